The number of nitrogens with one attached hydrogen (secondary N) is 2. The Morgan fingerprint density at radius 3 is 2.86 bits per heavy atom. The Morgan fingerprint density at radius 1 is 1.36 bits per heavy atom. The first-order chi connectivity index (χ1) is 6.68. The quantitative estimate of drug-likeness (QED) is 0.693. The maximum absolute atomic E-state index is 3.75. The van der Waals surface area contributed by atoms with E-state index in [1.54, 1.807) is 0 Å². The van der Waals surface area contributed by atoms with Crippen LogP contribution >= 0.6 is 11.8 Å². The fraction of sp³-hybridized carbons (Fsp3) is 1.00. The van der Waals surface area contributed by atoms with E-state index < -0.39 is 0 Å². The van der Waals surface area contributed by atoms with Gasteiger partial charge in [-0.25, -0.2) is 0 Å². The van der Waals surface area contributed by atoms with Gasteiger partial charge in [-0.3, -0.25) is 0 Å². The van der Waals surface area contributed by atoms with Crippen molar-refractivity contribution in [3.63, 3.8) is 0 Å². The highest BCUT2D eigenvalue weighted by atomic mass is 32.2. The van der Waals surface area contributed by atoms with Gasteiger partial charge in [0.15, 0.2) is 0 Å². The van der Waals surface area contributed by atoms with Crippen LogP contribution in [0, 0.1) is 0 Å². The van der Waals surface area contributed by atoms with E-state index in [1.807, 2.05) is 0 Å². The third kappa shape index (κ3) is 2.10. The fourth-order valence-electron chi connectivity index (χ4n) is 2.68. The number of thioether (sulfide) groups is 1. The lowest BCUT2D eigenvalue weighted by Crippen LogP contribution is -2.63. The van der Waals surface area contributed by atoms with Gasteiger partial charge in [-0.1, -0.05) is 13.8 Å². The Morgan fingerprint density at radius 2 is 2.21 bits per heavy atom. The van der Waals surface area contributed by atoms with Crippen molar-refractivity contribution in [1.29, 1.82) is 0 Å². The highest BCUT2D eigenvalue weighted by Crippen LogP contribution is 2.43. The van der Waals surface area contributed by atoms with Crippen LogP contribution in [0.15, 0.2) is 0 Å². The van der Waals surface area contributed by atoms with Crippen LogP contribution in [-0.4, -0.2) is 35.7 Å². The monoisotopic (exact) mass is 214 g/mol. The molecule has 0 aromatic carbocycles. The molecule has 0 amide bonds. The summed E-state index contributed by atoms with van der Waals surface area (Å²) in [5, 5.41) is 7.28. The van der Waals surface area contributed by atoms with E-state index in [2.05, 4.69) is 36.2 Å². The van der Waals surface area contributed by atoms with Gasteiger partial charge in [0, 0.05) is 29.9 Å². The normalized spacial score (nSPS) is 44.1. The van der Waals surface area contributed by atoms with E-state index >= 15 is 0 Å². The van der Waals surface area contributed by atoms with Crippen LogP contribution in [0.1, 0.15) is 33.1 Å². The molecule has 0 aliphatic carbocycles. The molecule has 2 aliphatic rings. The molecular weight excluding hydrogens is 192 g/mol. The largest absolute Gasteiger partial charge is 0.314 e. The molecule has 82 valence electrons. The Kier molecular flexibility index (Phi) is 3.10. The van der Waals surface area contributed by atoms with Crippen LogP contribution in [0.5, 0.6) is 0 Å². The Hall–Kier alpha value is 0.270. The van der Waals surface area contributed by atoms with Gasteiger partial charge in [0.2, 0.25) is 0 Å². The maximum Gasteiger partial charge on any atom is 0.0327 e. The molecule has 0 aromatic heterocycles. The van der Waals surface area contributed by atoms with Gasteiger partial charge < -0.3 is 10.6 Å². The Balaban J connectivity index is 2.04. The van der Waals surface area contributed by atoms with Crippen molar-refractivity contribution in [3.8, 4) is 0 Å². The molecule has 2 nitrogen and oxygen atoms in total. The van der Waals surface area contributed by atoms with Crippen LogP contribution in [0.4, 0.5) is 0 Å². The molecule has 3 heteroatoms. The second kappa shape index (κ2) is 4.03. The van der Waals surface area contributed by atoms with Gasteiger partial charge in [0.25, 0.3) is 0 Å². The van der Waals surface area contributed by atoms with Crippen molar-refractivity contribution in [2.24, 2.45) is 0 Å². The van der Waals surface area contributed by atoms with Crippen molar-refractivity contribution in [2.45, 2.75) is 43.4 Å². The molecule has 0 aromatic rings. The summed E-state index contributed by atoms with van der Waals surface area (Å²) in [4.78, 5) is 0. The minimum absolute atomic E-state index is 0.411. The summed E-state index contributed by atoms with van der Waals surface area (Å²) >= 11 is 2.17. The molecule has 2 N–H and O–H groups in total. The predicted molar refractivity (Wildman–Crippen MR) is 64.0 cm³/mol. The lowest BCUT2D eigenvalue weighted by molar-refractivity contribution is 0.217. The standard InChI is InChI=1S/C11H22N2S/c1-3-10(2)8-11(4-7-14-10)9-12-5-6-13-11/h12-13H,3-9H2,1-2H3. The summed E-state index contributed by atoms with van der Waals surface area (Å²) in [5.41, 5.74) is 0.411. The van der Waals surface area contributed by atoms with Gasteiger partial charge in [-0.15, -0.1) is 0 Å². The SMILES string of the molecule is CCC1(C)CC2(CCS1)CNCCN2. The zero-order valence-electron chi connectivity index (χ0n) is 9.36. The first-order valence-corrected chi connectivity index (χ1v) is 6.76. The van der Waals surface area contributed by atoms with Crippen molar-refractivity contribution < 1.29 is 0 Å². The summed E-state index contributed by atoms with van der Waals surface area (Å²) in [6.07, 6.45) is 3.95. The topological polar surface area (TPSA) is 24.1 Å². The van der Waals surface area contributed by atoms with Crippen LogP contribution in [0.3, 0.4) is 0 Å². The highest BCUT2D eigenvalue weighted by Gasteiger charge is 2.42. The Bertz CT molecular complexity index is 196. The lowest BCUT2D eigenvalue weighted by Gasteiger charge is -2.48. The van der Waals surface area contributed by atoms with Crippen molar-refractivity contribution in [2.75, 3.05) is 25.4 Å². The van der Waals surface area contributed by atoms with Crippen LogP contribution in [-0.2, 0) is 0 Å². The average molecular weight is 214 g/mol. The molecule has 0 bridgehead atoms. The highest BCUT2D eigenvalue weighted by molar-refractivity contribution is 8.00. The molecule has 0 saturated carbocycles. The van der Waals surface area contributed by atoms with E-state index in [0.29, 0.717) is 10.3 Å². The third-order valence-corrected chi connectivity index (χ3v) is 5.29. The molecule has 14 heavy (non-hydrogen) atoms. The molecular formula is C11H22N2S. The Labute approximate surface area is 91.6 Å². The molecule has 2 atom stereocenters. The molecule has 1 spiro atoms. The molecule has 2 heterocycles. The molecule has 2 saturated heterocycles. The molecule has 0 radical (unpaired) electrons. The summed E-state index contributed by atoms with van der Waals surface area (Å²) in [6.45, 7) is 8.20. The predicted octanol–water partition coefficient (Wildman–Crippen LogP) is 1.61. The summed E-state index contributed by atoms with van der Waals surface area (Å²) in [6, 6.07) is 0. The first kappa shape index (κ1) is 10.8. The molecule has 2 fully saturated rings. The maximum atomic E-state index is 3.75. The minimum atomic E-state index is 0.411. The summed E-state index contributed by atoms with van der Waals surface area (Å²) < 4.78 is 0.504. The van der Waals surface area contributed by atoms with E-state index in [4.69, 9.17) is 0 Å². The first-order valence-electron chi connectivity index (χ1n) is 5.78. The van der Waals surface area contributed by atoms with Gasteiger partial charge >= 0.3 is 0 Å². The number of hydrogen-bond acceptors (Lipinski definition) is 3. The minimum Gasteiger partial charge on any atom is -0.314 e. The number of piperazine rings is 1. The summed E-state index contributed by atoms with van der Waals surface area (Å²) in [7, 11) is 0. The number of rotatable bonds is 1. The summed E-state index contributed by atoms with van der Waals surface area (Å²) in [5.74, 6) is 1.32. The smallest absolute Gasteiger partial charge is 0.0327 e. The van der Waals surface area contributed by atoms with Crippen molar-refractivity contribution in [1.82, 2.24) is 10.6 Å². The van der Waals surface area contributed by atoms with Crippen LogP contribution < -0.4 is 10.6 Å². The van der Waals surface area contributed by atoms with E-state index in [1.165, 1.54) is 31.6 Å². The second-order valence-electron chi connectivity index (χ2n) is 4.96. The van der Waals surface area contributed by atoms with Crippen molar-refractivity contribution in [3.05, 3.63) is 0 Å². The van der Waals surface area contributed by atoms with E-state index in [0.717, 1.165) is 13.1 Å². The van der Waals surface area contributed by atoms with Gasteiger partial charge in [-0.2, -0.15) is 11.8 Å². The van der Waals surface area contributed by atoms with Crippen LogP contribution in [0.25, 0.3) is 0 Å². The zero-order valence-corrected chi connectivity index (χ0v) is 10.2. The van der Waals surface area contributed by atoms with Gasteiger partial charge in [0.05, 0.1) is 0 Å². The lowest BCUT2D eigenvalue weighted by atomic mass is 9.82. The van der Waals surface area contributed by atoms with Gasteiger partial charge in [-0.05, 0) is 25.0 Å². The average Bonchev–Trinajstić information content (AvgIpc) is 2.19. The van der Waals surface area contributed by atoms with Crippen LogP contribution in [0.2, 0.25) is 0 Å². The number of hydrogen-bond donors (Lipinski definition) is 2. The second-order valence-corrected chi connectivity index (χ2v) is 6.65. The van der Waals surface area contributed by atoms with Crippen molar-refractivity contribution >= 4 is 11.8 Å². The van der Waals surface area contributed by atoms with Gasteiger partial charge in [0.1, 0.15) is 0 Å². The van der Waals surface area contributed by atoms with E-state index in [9.17, 15) is 0 Å². The fourth-order valence-corrected chi connectivity index (χ4v) is 4.25. The molecule has 2 unspecified atom stereocenters. The molecule has 2 rings (SSSR count). The zero-order chi connectivity index (χ0) is 10.1. The molecule has 2 aliphatic heterocycles. The van der Waals surface area contributed by atoms with E-state index in [-0.39, 0.29) is 0 Å². The third-order valence-electron chi connectivity index (χ3n) is 3.76.